The molecule has 0 aliphatic heterocycles. The summed E-state index contributed by atoms with van der Waals surface area (Å²) in [6, 6.07) is 72.1. The number of anilines is 2. The van der Waals surface area contributed by atoms with Gasteiger partial charge in [-0.3, -0.25) is 0 Å². The Balaban J connectivity index is 0.000000182. The lowest BCUT2D eigenvalue weighted by Gasteiger charge is -2.30. The lowest BCUT2D eigenvalue weighted by molar-refractivity contribution is 0.660. The van der Waals surface area contributed by atoms with E-state index in [0.717, 1.165) is 0 Å². The molecule has 0 amide bonds. The third-order valence-electron chi connectivity index (χ3n) is 11.9. The molecule has 0 unspecified atom stereocenters. The molecule has 0 heterocycles. The molecule has 8 aromatic rings. The number of aryl methyl sites for hydroxylation is 1. The molecule has 63 heavy (non-hydrogen) atoms. The number of hydrogen-bond acceptors (Lipinski definition) is 1. The summed E-state index contributed by atoms with van der Waals surface area (Å²) >= 11 is 0. The highest BCUT2D eigenvalue weighted by atomic mass is 15.1. The predicted molar refractivity (Wildman–Crippen MR) is 278 cm³/mol. The SMILES string of the molecule is CC.CC.CC.CC.CN(c1ccccc1)c1ccc2c(c1)C(C)(C)c1ccccc1-2.Cc1ccccc1.c1ccc2c(c1)-c1ccccc1C21c2ccccc2-c2ccccc21. The summed E-state index contributed by atoms with van der Waals surface area (Å²) in [5.41, 5.74) is 20.3. The molecular formula is C62H69N. The Morgan fingerprint density at radius 1 is 0.302 bits per heavy atom. The minimum atomic E-state index is -0.180. The van der Waals surface area contributed by atoms with Crippen LogP contribution < -0.4 is 4.90 Å². The van der Waals surface area contributed by atoms with E-state index in [9.17, 15) is 0 Å². The maximum atomic E-state index is 2.35. The first-order valence-electron chi connectivity index (χ1n) is 23.3. The van der Waals surface area contributed by atoms with Gasteiger partial charge in [0.15, 0.2) is 0 Å². The van der Waals surface area contributed by atoms with Crippen LogP contribution >= 0.6 is 0 Å². The van der Waals surface area contributed by atoms with Gasteiger partial charge in [0.1, 0.15) is 0 Å². The summed E-state index contributed by atoms with van der Waals surface area (Å²) in [6.07, 6.45) is 0. The first-order valence-corrected chi connectivity index (χ1v) is 23.3. The van der Waals surface area contributed by atoms with E-state index in [-0.39, 0.29) is 10.8 Å². The molecule has 1 heteroatoms. The third-order valence-corrected chi connectivity index (χ3v) is 11.9. The highest BCUT2D eigenvalue weighted by molar-refractivity contribution is 5.94. The fourth-order valence-electron chi connectivity index (χ4n) is 9.29. The number of hydrogen-bond donors (Lipinski definition) is 0. The van der Waals surface area contributed by atoms with Gasteiger partial charge in [0.2, 0.25) is 0 Å². The Kier molecular flexibility index (Phi) is 16.7. The molecule has 0 bridgehead atoms. The molecule has 0 saturated heterocycles. The molecule has 3 aliphatic rings. The molecular weight excluding hydrogens is 759 g/mol. The maximum absolute atomic E-state index is 2.35. The zero-order valence-corrected chi connectivity index (χ0v) is 40.0. The number of benzene rings is 8. The first-order chi connectivity index (χ1) is 30.9. The molecule has 8 aromatic carbocycles. The molecule has 0 fully saturated rings. The van der Waals surface area contributed by atoms with Crippen molar-refractivity contribution in [1.82, 2.24) is 0 Å². The average molecular weight is 828 g/mol. The first kappa shape index (κ1) is 47.6. The Morgan fingerprint density at radius 3 is 0.968 bits per heavy atom. The van der Waals surface area contributed by atoms with E-state index >= 15 is 0 Å². The van der Waals surface area contributed by atoms with E-state index < -0.39 is 0 Å². The minimum Gasteiger partial charge on any atom is -0.345 e. The van der Waals surface area contributed by atoms with Crippen LogP contribution in [0, 0.1) is 6.92 Å². The van der Waals surface area contributed by atoms with Crippen molar-refractivity contribution >= 4 is 11.4 Å². The van der Waals surface area contributed by atoms with Gasteiger partial charge < -0.3 is 4.90 Å². The molecule has 0 N–H and O–H groups in total. The van der Waals surface area contributed by atoms with Crippen molar-refractivity contribution in [3.8, 4) is 33.4 Å². The molecule has 0 atom stereocenters. The summed E-state index contributed by atoms with van der Waals surface area (Å²) in [7, 11) is 2.13. The Bertz CT molecular complexity index is 2460. The lowest BCUT2D eigenvalue weighted by Crippen LogP contribution is -2.25. The quantitative estimate of drug-likeness (QED) is 0.168. The second kappa shape index (κ2) is 22.1. The Morgan fingerprint density at radius 2 is 0.603 bits per heavy atom. The minimum absolute atomic E-state index is 0.0550. The number of nitrogens with zero attached hydrogens (tertiary/aromatic N) is 1. The summed E-state index contributed by atoms with van der Waals surface area (Å²) < 4.78 is 0. The van der Waals surface area contributed by atoms with Crippen LogP contribution in [0.15, 0.2) is 200 Å². The van der Waals surface area contributed by atoms with Crippen molar-refractivity contribution in [2.45, 2.75) is 87.0 Å². The van der Waals surface area contributed by atoms with Crippen molar-refractivity contribution in [3.63, 3.8) is 0 Å². The van der Waals surface area contributed by atoms with Gasteiger partial charge >= 0.3 is 0 Å². The molecule has 3 aliphatic carbocycles. The van der Waals surface area contributed by atoms with Gasteiger partial charge in [0.05, 0.1) is 5.41 Å². The van der Waals surface area contributed by atoms with E-state index in [4.69, 9.17) is 0 Å². The second-order valence-electron chi connectivity index (χ2n) is 15.4. The van der Waals surface area contributed by atoms with Crippen molar-refractivity contribution in [2.24, 2.45) is 0 Å². The second-order valence-corrected chi connectivity index (χ2v) is 15.4. The lowest BCUT2D eigenvalue weighted by atomic mass is 9.70. The van der Waals surface area contributed by atoms with Crippen LogP contribution in [0.3, 0.4) is 0 Å². The average Bonchev–Trinajstić information content (AvgIpc) is 3.93. The molecule has 1 nitrogen and oxygen atoms in total. The van der Waals surface area contributed by atoms with Gasteiger partial charge in [-0.2, -0.15) is 0 Å². The van der Waals surface area contributed by atoms with Crippen molar-refractivity contribution in [3.05, 3.63) is 239 Å². The van der Waals surface area contributed by atoms with Crippen LogP contribution in [-0.4, -0.2) is 7.05 Å². The monoisotopic (exact) mass is 828 g/mol. The van der Waals surface area contributed by atoms with Crippen LogP contribution in [0.4, 0.5) is 11.4 Å². The Hall–Kier alpha value is -6.44. The van der Waals surface area contributed by atoms with Crippen molar-refractivity contribution in [1.29, 1.82) is 0 Å². The molecule has 11 rings (SSSR count). The third kappa shape index (κ3) is 8.93. The van der Waals surface area contributed by atoms with E-state index in [1.807, 2.05) is 73.6 Å². The number of para-hydroxylation sites is 1. The van der Waals surface area contributed by atoms with E-state index in [1.54, 1.807) is 0 Å². The number of rotatable bonds is 2. The van der Waals surface area contributed by atoms with Crippen LogP contribution in [0.5, 0.6) is 0 Å². The van der Waals surface area contributed by atoms with E-state index in [1.165, 1.54) is 83.7 Å². The maximum Gasteiger partial charge on any atom is 0.0725 e. The summed E-state index contributed by atoms with van der Waals surface area (Å²) in [5.74, 6) is 0. The molecule has 322 valence electrons. The fourth-order valence-corrected chi connectivity index (χ4v) is 9.29. The standard InChI is InChI=1S/C25H16.C22H21N.C7H8.4C2H6/c1-5-13-21-17(9-1)18-10-2-6-14-22(18)25(21)23-15-7-3-11-19(23)20-12-4-8-16-24(20)25;1-22(2)20-12-8-7-11-18(20)19-14-13-17(15-21(19)22)23(3)16-9-5-4-6-10-16;1-7-5-3-2-4-6-7;4*1-2/h1-16H;4-15H,1-3H3;2-6H,1H3;4*1-2H3. The predicted octanol–water partition coefficient (Wildman–Crippen LogP) is 17.9. The van der Waals surface area contributed by atoms with Gasteiger partial charge in [-0.25, -0.2) is 0 Å². The smallest absolute Gasteiger partial charge is 0.0725 e. The normalized spacial score (nSPS) is 12.4. The van der Waals surface area contributed by atoms with Crippen LogP contribution in [0.1, 0.15) is 108 Å². The molecule has 0 saturated carbocycles. The van der Waals surface area contributed by atoms with E-state index in [2.05, 4.69) is 215 Å². The van der Waals surface area contributed by atoms with Crippen molar-refractivity contribution < 1.29 is 0 Å². The van der Waals surface area contributed by atoms with Gasteiger partial charge in [0.25, 0.3) is 0 Å². The summed E-state index contributed by atoms with van der Waals surface area (Å²) in [5, 5.41) is 0. The molecule has 0 aromatic heterocycles. The highest BCUT2D eigenvalue weighted by Crippen LogP contribution is 2.62. The van der Waals surface area contributed by atoms with Gasteiger partial charge in [-0.1, -0.05) is 251 Å². The molecule has 1 spiro atoms. The van der Waals surface area contributed by atoms with Crippen LogP contribution in [-0.2, 0) is 10.8 Å². The highest BCUT2D eigenvalue weighted by Gasteiger charge is 2.51. The van der Waals surface area contributed by atoms with Crippen LogP contribution in [0.2, 0.25) is 0 Å². The van der Waals surface area contributed by atoms with Crippen molar-refractivity contribution in [2.75, 3.05) is 11.9 Å². The zero-order valence-electron chi connectivity index (χ0n) is 40.0. The van der Waals surface area contributed by atoms with Crippen LogP contribution in [0.25, 0.3) is 33.4 Å². The van der Waals surface area contributed by atoms with E-state index in [0.29, 0.717) is 0 Å². The Labute approximate surface area is 381 Å². The zero-order chi connectivity index (χ0) is 45.6. The number of fused-ring (bicyclic) bond motifs is 13. The summed E-state index contributed by atoms with van der Waals surface area (Å²) in [4.78, 5) is 2.25. The molecule has 0 radical (unpaired) electrons. The largest absolute Gasteiger partial charge is 0.345 e. The fraction of sp³-hybridized carbons (Fsp3) is 0.226. The van der Waals surface area contributed by atoms with Gasteiger partial charge in [-0.15, -0.1) is 0 Å². The topological polar surface area (TPSA) is 3.24 Å². The summed E-state index contributed by atoms with van der Waals surface area (Å²) in [6.45, 7) is 22.7. The van der Waals surface area contributed by atoms with Gasteiger partial charge in [-0.05, 0) is 98.0 Å². The van der Waals surface area contributed by atoms with Gasteiger partial charge in [0, 0.05) is 23.8 Å².